The summed E-state index contributed by atoms with van der Waals surface area (Å²) in [6.07, 6.45) is 1.48. The minimum Gasteiger partial charge on any atom is -0.494 e. The van der Waals surface area contributed by atoms with Crippen molar-refractivity contribution >= 4 is 22.8 Å². The van der Waals surface area contributed by atoms with Crippen LogP contribution >= 0.6 is 0 Å². The minimum absolute atomic E-state index is 0.00608. The number of halogens is 2. The number of aromatic nitrogens is 1. The normalized spacial score (nSPS) is 12.0. The van der Waals surface area contributed by atoms with E-state index in [0.29, 0.717) is 0 Å². The molecule has 3 rings (SSSR count). The molecule has 0 amide bonds. The summed E-state index contributed by atoms with van der Waals surface area (Å²) >= 11 is 0. The summed E-state index contributed by atoms with van der Waals surface area (Å²) < 4.78 is 34.7. The molecule has 1 aromatic heterocycles. The molecule has 1 unspecified atom stereocenters. The topological polar surface area (TPSA) is 68.5 Å². The molecule has 0 saturated carbocycles. The van der Waals surface area contributed by atoms with Gasteiger partial charge in [-0.05, 0) is 55.3 Å². The number of fused-ring (bicyclic) bond motifs is 1. The summed E-state index contributed by atoms with van der Waals surface area (Å²) in [5, 5.41) is 9.72. The van der Waals surface area contributed by atoms with Gasteiger partial charge in [-0.1, -0.05) is 6.08 Å². The zero-order chi connectivity index (χ0) is 21.3. The number of carbonyl (C=O) groups excluding carboxylic acids is 1. The molecule has 1 N–H and O–H groups in total. The van der Waals surface area contributed by atoms with Gasteiger partial charge in [-0.25, -0.2) is 8.78 Å². The Labute approximate surface area is 165 Å². The number of methoxy groups -OCH3 is 1. The first-order valence-electron chi connectivity index (χ1n) is 8.83. The third-order valence-corrected chi connectivity index (χ3v) is 4.88. The average Bonchev–Trinajstić information content (AvgIpc) is 2.98. The maximum absolute atomic E-state index is 15.2. The Morgan fingerprint density at radius 2 is 1.86 bits per heavy atom. The lowest BCUT2D eigenvalue weighted by atomic mass is 9.93. The third kappa shape index (κ3) is 3.40. The molecular formula is C22H19F2NO4. The average molecular weight is 399 g/mol. The van der Waals surface area contributed by atoms with E-state index >= 15 is 4.39 Å². The lowest BCUT2D eigenvalue weighted by molar-refractivity contribution is -0.138. The smallest absolute Gasteiger partial charge is 0.311 e. The van der Waals surface area contributed by atoms with E-state index in [2.05, 4.69) is 6.58 Å². The quantitative estimate of drug-likeness (QED) is 0.612. The molecule has 0 radical (unpaired) electrons. The fraction of sp³-hybridized carbons (Fsp3) is 0.182. The van der Waals surface area contributed by atoms with Crippen molar-refractivity contribution in [2.75, 3.05) is 7.11 Å². The maximum Gasteiger partial charge on any atom is 0.311 e. The number of nitrogens with zero attached hydrogens (tertiary/aromatic N) is 1. The van der Waals surface area contributed by atoms with Crippen LogP contribution < -0.4 is 4.74 Å². The van der Waals surface area contributed by atoms with Gasteiger partial charge in [-0.3, -0.25) is 14.2 Å². The lowest BCUT2D eigenvalue weighted by Crippen LogP contribution is -2.16. The SMILES string of the molecule is C=CCC(C(=O)O)c1c(C)n(C(=O)c2ccc(F)cc2)c2ccc(OC)c(F)c12. The summed E-state index contributed by atoms with van der Waals surface area (Å²) in [4.78, 5) is 25.0. The van der Waals surface area contributed by atoms with E-state index in [1.54, 1.807) is 6.92 Å². The fourth-order valence-electron chi connectivity index (χ4n) is 3.55. The van der Waals surface area contributed by atoms with Crippen molar-refractivity contribution in [1.29, 1.82) is 0 Å². The van der Waals surface area contributed by atoms with Gasteiger partial charge < -0.3 is 9.84 Å². The zero-order valence-electron chi connectivity index (χ0n) is 15.9. The predicted octanol–water partition coefficient (Wildman–Crippen LogP) is 4.67. The van der Waals surface area contributed by atoms with Crippen LogP contribution in [0.25, 0.3) is 10.9 Å². The second-order valence-corrected chi connectivity index (χ2v) is 6.54. The molecule has 1 heterocycles. The Kier molecular flexibility index (Phi) is 5.50. The number of hydrogen-bond acceptors (Lipinski definition) is 3. The number of benzene rings is 2. The van der Waals surface area contributed by atoms with E-state index in [1.807, 2.05) is 0 Å². The number of carboxylic acids is 1. The van der Waals surface area contributed by atoms with Crippen molar-refractivity contribution in [1.82, 2.24) is 4.57 Å². The van der Waals surface area contributed by atoms with Gasteiger partial charge >= 0.3 is 5.97 Å². The van der Waals surface area contributed by atoms with Crippen molar-refractivity contribution in [3.8, 4) is 5.75 Å². The molecule has 2 aromatic carbocycles. The summed E-state index contributed by atoms with van der Waals surface area (Å²) in [7, 11) is 1.30. The highest BCUT2D eigenvalue weighted by Crippen LogP contribution is 2.38. The van der Waals surface area contributed by atoms with Crippen LogP contribution in [-0.2, 0) is 4.79 Å². The molecule has 29 heavy (non-hydrogen) atoms. The highest BCUT2D eigenvalue weighted by molar-refractivity contribution is 6.05. The molecule has 0 bridgehead atoms. The number of allylic oxidation sites excluding steroid dienone is 1. The van der Waals surface area contributed by atoms with Gasteiger partial charge in [0.05, 0.1) is 18.5 Å². The van der Waals surface area contributed by atoms with E-state index in [-0.39, 0.29) is 39.9 Å². The highest BCUT2D eigenvalue weighted by atomic mass is 19.1. The van der Waals surface area contributed by atoms with Crippen LogP contribution in [0.2, 0.25) is 0 Å². The monoisotopic (exact) mass is 399 g/mol. The first-order valence-corrected chi connectivity index (χ1v) is 8.83. The van der Waals surface area contributed by atoms with E-state index < -0.39 is 29.4 Å². The van der Waals surface area contributed by atoms with Crippen LogP contribution in [0.15, 0.2) is 49.1 Å². The molecule has 7 heteroatoms. The number of rotatable bonds is 6. The van der Waals surface area contributed by atoms with E-state index in [1.165, 1.54) is 42.0 Å². The maximum atomic E-state index is 15.2. The Bertz CT molecular complexity index is 1120. The number of aliphatic carboxylic acids is 1. The molecule has 0 fully saturated rings. The minimum atomic E-state index is -1.16. The standard InChI is InChI=1S/C22H19F2NO4/c1-4-5-15(22(27)28)18-12(2)25(21(26)13-6-8-14(23)9-7-13)16-10-11-17(29-3)20(24)19(16)18/h4,6-11,15H,1,5H2,2-3H3,(H,27,28). The van der Waals surface area contributed by atoms with Crippen LogP contribution in [0, 0.1) is 18.6 Å². The Hall–Kier alpha value is -3.48. The van der Waals surface area contributed by atoms with Crippen molar-refractivity contribution in [2.45, 2.75) is 19.3 Å². The second kappa shape index (κ2) is 7.87. The van der Waals surface area contributed by atoms with Crippen molar-refractivity contribution < 1.29 is 28.2 Å². The van der Waals surface area contributed by atoms with Crippen LogP contribution in [0.3, 0.4) is 0 Å². The van der Waals surface area contributed by atoms with Gasteiger partial charge in [-0.2, -0.15) is 0 Å². The molecule has 0 spiro atoms. The first kappa shape index (κ1) is 20.3. The van der Waals surface area contributed by atoms with Crippen molar-refractivity contribution in [3.63, 3.8) is 0 Å². The van der Waals surface area contributed by atoms with Gasteiger partial charge in [0, 0.05) is 16.6 Å². The van der Waals surface area contributed by atoms with Gasteiger partial charge in [-0.15, -0.1) is 6.58 Å². The van der Waals surface area contributed by atoms with Gasteiger partial charge in [0.25, 0.3) is 5.91 Å². The largest absolute Gasteiger partial charge is 0.494 e. The second-order valence-electron chi connectivity index (χ2n) is 6.54. The summed E-state index contributed by atoms with van der Waals surface area (Å²) in [6.45, 7) is 5.14. The number of ether oxygens (including phenoxy) is 1. The van der Waals surface area contributed by atoms with Crippen molar-refractivity contribution in [2.24, 2.45) is 0 Å². The number of carboxylic acid groups (broad SMARTS) is 1. The summed E-state index contributed by atoms with van der Waals surface area (Å²) in [5.74, 6) is -4.09. The molecule has 3 aromatic rings. The van der Waals surface area contributed by atoms with Crippen LogP contribution in [0.5, 0.6) is 5.75 Å². The van der Waals surface area contributed by atoms with Gasteiger partial charge in [0.15, 0.2) is 11.6 Å². The Balaban J connectivity index is 2.37. The number of carbonyl (C=O) groups is 2. The Morgan fingerprint density at radius 1 is 1.21 bits per heavy atom. The third-order valence-electron chi connectivity index (χ3n) is 4.88. The fourth-order valence-corrected chi connectivity index (χ4v) is 3.55. The number of hydrogen-bond donors (Lipinski definition) is 1. The van der Waals surface area contributed by atoms with Crippen LogP contribution in [-0.4, -0.2) is 28.7 Å². The summed E-state index contributed by atoms with van der Waals surface area (Å²) in [6, 6.07) is 7.81. The predicted molar refractivity (Wildman–Crippen MR) is 105 cm³/mol. The Morgan fingerprint density at radius 3 is 2.41 bits per heavy atom. The zero-order valence-corrected chi connectivity index (χ0v) is 15.9. The molecule has 150 valence electrons. The molecule has 0 aliphatic rings. The van der Waals surface area contributed by atoms with Crippen LogP contribution in [0.4, 0.5) is 8.78 Å². The first-order chi connectivity index (χ1) is 13.8. The lowest BCUT2D eigenvalue weighted by Gasteiger charge is -2.12. The van der Waals surface area contributed by atoms with E-state index in [0.717, 1.165) is 12.1 Å². The molecule has 0 saturated heterocycles. The molecule has 0 aliphatic heterocycles. The van der Waals surface area contributed by atoms with Crippen LogP contribution in [0.1, 0.15) is 34.0 Å². The summed E-state index contributed by atoms with van der Waals surface area (Å²) in [5.41, 5.74) is 0.861. The van der Waals surface area contributed by atoms with Crippen molar-refractivity contribution in [3.05, 3.63) is 77.5 Å². The molecule has 5 nitrogen and oxygen atoms in total. The van der Waals surface area contributed by atoms with Gasteiger partial charge in [0.2, 0.25) is 0 Å². The van der Waals surface area contributed by atoms with E-state index in [4.69, 9.17) is 4.74 Å². The molecular weight excluding hydrogens is 380 g/mol. The molecule has 0 aliphatic carbocycles. The van der Waals surface area contributed by atoms with E-state index in [9.17, 15) is 19.1 Å². The molecule has 1 atom stereocenters. The van der Waals surface area contributed by atoms with Gasteiger partial charge in [0.1, 0.15) is 5.82 Å². The highest BCUT2D eigenvalue weighted by Gasteiger charge is 2.31.